The fourth-order valence-corrected chi connectivity index (χ4v) is 0.417. The lowest BCUT2D eigenvalue weighted by Crippen LogP contribution is -2.21. The monoisotopic (exact) mass is 119 g/mol. The molecule has 4 heteroatoms. The van der Waals surface area contributed by atoms with Crippen LogP contribution in [0.5, 0.6) is 0 Å². The summed E-state index contributed by atoms with van der Waals surface area (Å²) in [6.07, 6.45) is 0. The van der Waals surface area contributed by atoms with Gasteiger partial charge in [-0.2, -0.15) is 4.40 Å². The van der Waals surface area contributed by atoms with Crippen LogP contribution in [0.4, 0.5) is 0 Å². The van der Waals surface area contributed by atoms with Gasteiger partial charge in [-0.25, -0.2) is 0 Å². The summed E-state index contributed by atoms with van der Waals surface area (Å²) in [5.41, 5.74) is 9.97. The van der Waals surface area contributed by atoms with E-state index < -0.39 is 0 Å². The molecule has 0 unspecified atom stereocenters. The van der Waals surface area contributed by atoms with Crippen LogP contribution in [0.2, 0.25) is 0 Å². The van der Waals surface area contributed by atoms with Crippen molar-refractivity contribution in [1.29, 1.82) is 0 Å². The minimum absolute atomic E-state index is 0.145. The van der Waals surface area contributed by atoms with Crippen molar-refractivity contribution in [3.8, 4) is 0 Å². The van der Waals surface area contributed by atoms with Crippen LogP contribution < -0.4 is 11.5 Å². The van der Waals surface area contributed by atoms with Gasteiger partial charge in [0.25, 0.3) is 0 Å². The first-order chi connectivity index (χ1) is 3.27. The van der Waals surface area contributed by atoms with Gasteiger partial charge in [-0.1, -0.05) is 6.92 Å². The van der Waals surface area contributed by atoms with Gasteiger partial charge >= 0.3 is 0 Å². The lowest BCUT2D eigenvalue weighted by molar-refractivity contribution is 1.49. The Morgan fingerprint density at radius 3 is 2.43 bits per heavy atom. The van der Waals surface area contributed by atoms with Gasteiger partial charge in [-0.3, -0.25) is 0 Å². The maximum absolute atomic E-state index is 4.99. The first-order valence-corrected chi connectivity index (χ1v) is 2.92. The van der Waals surface area contributed by atoms with E-state index in [-0.39, 0.29) is 5.96 Å². The topological polar surface area (TPSA) is 64.4 Å². The lowest BCUT2D eigenvalue weighted by Gasteiger charge is -1.85. The summed E-state index contributed by atoms with van der Waals surface area (Å²) in [7, 11) is 0. The average molecular weight is 119 g/mol. The zero-order valence-corrected chi connectivity index (χ0v) is 5.03. The number of nitrogens with zero attached hydrogens (tertiary/aromatic N) is 1. The van der Waals surface area contributed by atoms with E-state index in [1.807, 2.05) is 6.92 Å². The van der Waals surface area contributed by atoms with Gasteiger partial charge in [0, 0.05) is 5.75 Å². The van der Waals surface area contributed by atoms with E-state index in [0.717, 1.165) is 5.75 Å². The molecule has 42 valence electrons. The molecular weight excluding hydrogens is 110 g/mol. The summed E-state index contributed by atoms with van der Waals surface area (Å²) in [6, 6.07) is 0. The normalized spacial score (nSPS) is 8.14. The van der Waals surface area contributed by atoms with E-state index in [1.165, 1.54) is 11.9 Å². The first kappa shape index (κ1) is 6.62. The highest BCUT2D eigenvalue weighted by Gasteiger charge is 1.75. The minimum atomic E-state index is 0.145. The van der Waals surface area contributed by atoms with E-state index >= 15 is 0 Å². The molecule has 0 amide bonds. The summed E-state index contributed by atoms with van der Waals surface area (Å²) in [4.78, 5) is 0. The smallest absolute Gasteiger partial charge is 0.197 e. The zero-order valence-electron chi connectivity index (χ0n) is 4.22. The van der Waals surface area contributed by atoms with Gasteiger partial charge < -0.3 is 11.5 Å². The van der Waals surface area contributed by atoms with Crippen LogP contribution >= 0.6 is 11.9 Å². The number of hydrogen-bond donors (Lipinski definition) is 2. The van der Waals surface area contributed by atoms with Crippen LogP contribution in [-0.4, -0.2) is 11.7 Å². The molecule has 0 radical (unpaired) electrons. The van der Waals surface area contributed by atoms with E-state index in [2.05, 4.69) is 4.40 Å². The molecule has 0 atom stereocenters. The highest BCUT2D eigenvalue weighted by Crippen LogP contribution is 1.96. The third-order valence-electron chi connectivity index (χ3n) is 0.299. The van der Waals surface area contributed by atoms with Gasteiger partial charge in [0.05, 0.1) is 0 Å². The highest BCUT2D eigenvalue weighted by molar-refractivity contribution is 7.98. The highest BCUT2D eigenvalue weighted by atomic mass is 32.2. The molecule has 0 heterocycles. The van der Waals surface area contributed by atoms with Crippen molar-refractivity contribution in [2.45, 2.75) is 6.92 Å². The summed E-state index contributed by atoms with van der Waals surface area (Å²) in [6.45, 7) is 1.98. The molecule has 0 aliphatic rings. The zero-order chi connectivity index (χ0) is 5.70. The Bertz CT molecular complexity index is 66.6. The van der Waals surface area contributed by atoms with Crippen LogP contribution in [0.25, 0.3) is 0 Å². The summed E-state index contributed by atoms with van der Waals surface area (Å²) in [5, 5.41) is 0. The van der Waals surface area contributed by atoms with Crippen molar-refractivity contribution < 1.29 is 0 Å². The van der Waals surface area contributed by atoms with Crippen LogP contribution in [0.1, 0.15) is 6.92 Å². The molecule has 0 aromatic rings. The predicted molar refractivity (Wildman–Crippen MR) is 33.9 cm³/mol. The molecule has 7 heavy (non-hydrogen) atoms. The molecule has 0 rings (SSSR count). The summed E-state index contributed by atoms with van der Waals surface area (Å²) < 4.78 is 3.63. The molecule has 0 aliphatic heterocycles. The lowest BCUT2D eigenvalue weighted by atomic mass is 11.0. The van der Waals surface area contributed by atoms with E-state index in [1.54, 1.807) is 0 Å². The number of hydrogen-bond acceptors (Lipinski definition) is 2. The maximum Gasteiger partial charge on any atom is 0.197 e. The standard InChI is InChI=1S/C3H9N3S/c1-2-7-6-3(4)5/h2H2,1H3,(H4,4,5,6). The maximum atomic E-state index is 4.99. The molecule has 0 aromatic heterocycles. The van der Waals surface area contributed by atoms with Crippen molar-refractivity contribution in [3.05, 3.63) is 0 Å². The van der Waals surface area contributed by atoms with Gasteiger partial charge in [0.1, 0.15) is 0 Å². The van der Waals surface area contributed by atoms with Crippen LogP contribution in [0.3, 0.4) is 0 Å². The number of rotatable bonds is 2. The van der Waals surface area contributed by atoms with Gasteiger partial charge in [-0.05, 0) is 11.9 Å². The van der Waals surface area contributed by atoms with E-state index in [4.69, 9.17) is 11.5 Å². The number of guanidine groups is 1. The Hall–Kier alpha value is -0.380. The quantitative estimate of drug-likeness (QED) is 0.304. The molecule has 0 bridgehead atoms. The second-order valence-electron chi connectivity index (χ2n) is 0.934. The van der Waals surface area contributed by atoms with Crippen molar-refractivity contribution >= 4 is 17.9 Å². The second kappa shape index (κ2) is 3.80. The van der Waals surface area contributed by atoms with Crippen LogP contribution in [-0.2, 0) is 0 Å². The van der Waals surface area contributed by atoms with E-state index in [0.29, 0.717) is 0 Å². The van der Waals surface area contributed by atoms with Crippen LogP contribution in [0, 0.1) is 0 Å². The van der Waals surface area contributed by atoms with E-state index in [9.17, 15) is 0 Å². The van der Waals surface area contributed by atoms with Crippen LogP contribution in [0.15, 0.2) is 4.40 Å². The Balaban J connectivity index is 3.08. The Morgan fingerprint density at radius 1 is 1.71 bits per heavy atom. The van der Waals surface area contributed by atoms with Crippen molar-refractivity contribution in [3.63, 3.8) is 0 Å². The minimum Gasteiger partial charge on any atom is -0.369 e. The van der Waals surface area contributed by atoms with Gasteiger partial charge in [0.15, 0.2) is 5.96 Å². The Morgan fingerprint density at radius 2 is 2.29 bits per heavy atom. The summed E-state index contributed by atoms with van der Waals surface area (Å²) in [5.74, 6) is 1.06. The fraction of sp³-hybridized carbons (Fsp3) is 0.667. The van der Waals surface area contributed by atoms with Gasteiger partial charge in [-0.15, -0.1) is 0 Å². The Labute approximate surface area is 47.3 Å². The fourth-order valence-electron chi connectivity index (χ4n) is 0.139. The van der Waals surface area contributed by atoms with Crippen molar-refractivity contribution in [2.24, 2.45) is 15.9 Å². The second-order valence-corrected chi connectivity index (χ2v) is 1.95. The molecular formula is C3H9N3S. The molecule has 0 fully saturated rings. The van der Waals surface area contributed by atoms with Gasteiger partial charge in [0.2, 0.25) is 0 Å². The molecule has 3 nitrogen and oxygen atoms in total. The molecule has 0 saturated carbocycles. The Kier molecular flexibility index (Phi) is 3.59. The average Bonchev–Trinajstić information content (AvgIpc) is 1.61. The predicted octanol–water partition coefficient (Wildman–Crippen LogP) is -0.0721. The molecule has 0 aromatic carbocycles. The largest absolute Gasteiger partial charge is 0.369 e. The summed E-state index contributed by atoms with van der Waals surface area (Å²) >= 11 is 1.35. The molecule has 0 spiro atoms. The van der Waals surface area contributed by atoms with Crippen molar-refractivity contribution in [1.82, 2.24) is 0 Å². The SMILES string of the molecule is CCSN=C(N)N. The molecule has 0 saturated heterocycles. The molecule has 4 N–H and O–H groups in total. The number of nitrogens with two attached hydrogens (primary N) is 2. The third kappa shape index (κ3) is 5.62. The third-order valence-corrected chi connectivity index (χ3v) is 0.897. The first-order valence-electron chi connectivity index (χ1n) is 1.98. The molecule has 0 aliphatic carbocycles. The van der Waals surface area contributed by atoms with Crippen molar-refractivity contribution in [2.75, 3.05) is 5.75 Å².